The molecule has 0 N–H and O–H groups in total. The van der Waals surface area contributed by atoms with E-state index in [9.17, 15) is 10.1 Å². The highest BCUT2D eigenvalue weighted by atomic mass is 32.2. The van der Waals surface area contributed by atoms with E-state index in [1.54, 1.807) is 12.1 Å². The van der Waals surface area contributed by atoms with E-state index < -0.39 is 4.92 Å². The van der Waals surface area contributed by atoms with Crippen molar-refractivity contribution in [1.29, 1.82) is 0 Å². The lowest BCUT2D eigenvalue weighted by atomic mass is 10.1. The highest BCUT2D eigenvalue weighted by Gasteiger charge is 2.17. The Labute approximate surface area is 132 Å². The van der Waals surface area contributed by atoms with E-state index in [1.807, 2.05) is 55.5 Å². The molecule has 3 aromatic rings. The Morgan fingerprint density at radius 1 is 1.00 bits per heavy atom. The highest BCUT2D eigenvalue weighted by Crippen LogP contribution is 2.35. The minimum Gasteiger partial charge on any atom is -0.413 e. The summed E-state index contributed by atoms with van der Waals surface area (Å²) in [5.74, 6) is 0.259. The number of hydrogen-bond donors (Lipinski definition) is 0. The molecule has 22 heavy (non-hydrogen) atoms. The summed E-state index contributed by atoms with van der Waals surface area (Å²) in [7, 11) is 0. The van der Waals surface area contributed by atoms with Crippen molar-refractivity contribution < 1.29 is 9.11 Å². The van der Waals surface area contributed by atoms with E-state index in [2.05, 4.69) is 0 Å². The van der Waals surface area contributed by atoms with Crippen molar-refractivity contribution in [3.8, 4) is 5.75 Å². The minimum atomic E-state index is -0.419. The topological polar surface area (TPSA) is 52.4 Å². The standard InChI is InChI=1S/C17H13NO3S/c1-12-6-8-15(9-7-12)22-21-17-11-14-5-3-2-4-13(14)10-16(17)18(19)20/h2-11H,1H3. The van der Waals surface area contributed by atoms with Crippen molar-refractivity contribution >= 4 is 28.5 Å². The number of nitro groups is 1. The third-order valence-electron chi connectivity index (χ3n) is 3.27. The number of rotatable bonds is 4. The first kappa shape index (κ1) is 14.4. The summed E-state index contributed by atoms with van der Waals surface area (Å²) < 4.78 is 5.61. The molecule has 0 aliphatic heterocycles. The zero-order chi connectivity index (χ0) is 15.5. The van der Waals surface area contributed by atoms with Crippen LogP contribution >= 0.6 is 12.0 Å². The van der Waals surface area contributed by atoms with Gasteiger partial charge in [0.15, 0.2) is 0 Å². The summed E-state index contributed by atoms with van der Waals surface area (Å²) in [5.41, 5.74) is 1.12. The number of fused-ring (bicyclic) bond motifs is 1. The van der Waals surface area contributed by atoms with Crippen LogP contribution in [0, 0.1) is 17.0 Å². The maximum absolute atomic E-state index is 11.2. The number of nitrogens with zero attached hydrogens (tertiary/aromatic N) is 1. The normalized spacial score (nSPS) is 10.6. The Kier molecular flexibility index (Phi) is 3.98. The van der Waals surface area contributed by atoms with Gasteiger partial charge >= 0.3 is 5.69 Å². The van der Waals surface area contributed by atoms with Crippen LogP contribution in [0.2, 0.25) is 0 Å². The quantitative estimate of drug-likeness (QED) is 0.380. The predicted molar refractivity (Wildman–Crippen MR) is 88.3 cm³/mol. The molecule has 0 heterocycles. The Morgan fingerprint density at radius 3 is 2.27 bits per heavy atom. The first-order valence-corrected chi connectivity index (χ1v) is 7.46. The van der Waals surface area contributed by atoms with Crippen LogP contribution in [0.5, 0.6) is 5.75 Å². The molecule has 0 radical (unpaired) electrons. The van der Waals surface area contributed by atoms with Gasteiger partial charge in [-0.3, -0.25) is 10.1 Å². The molecule has 0 bridgehead atoms. The molecule has 0 atom stereocenters. The van der Waals surface area contributed by atoms with Gasteiger partial charge in [-0.15, -0.1) is 0 Å². The summed E-state index contributed by atoms with van der Waals surface area (Å²) in [6.07, 6.45) is 0. The van der Waals surface area contributed by atoms with Gasteiger partial charge in [-0.25, -0.2) is 0 Å². The van der Waals surface area contributed by atoms with Crippen molar-refractivity contribution in [3.63, 3.8) is 0 Å². The molecule has 0 saturated heterocycles. The van der Waals surface area contributed by atoms with Gasteiger partial charge in [0.1, 0.15) is 0 Å². The minimum absolute atomic E-state index is 0.0293. The fourth-order valence-electron chi connectivity index (χ4n) is 2.10. The molecule has 110 valence electrons. The number of nitro benzene ring substituents is 1. The molecule has 0 aromatic heterocycles. The third-order valence-corrected chi connectivity index (χ3v) is 4.00. The third kappa shape index (κ3) is 3.04. The van der Waals surface area contributed by atoms with Crippen molar-refractivity contribution in [2.24, 2.45) is 0 Å². The van der Waals surface area contributed by atoms with Crippen LogP contribution in [-0.2, 0) is 0 Å². The second-order valence-electron chi connectivity index (χ2n) is 4.90. The summed E-state index contributed by atoms with van der Waals surface area (Å²) in [6, 6.07) is 18.5. The fraction of sp³-hybridized carbons (Fsp3) is 0.0588. The molecule has 5 heteroatoms. The zero-order valence-corrected chi connectivity index (χ0v) is 12.7. The van der Waals surface area contributed by atoms with E-state index in [4.69, 9.17) is 4.18 Å². The molecule has 0 fully saturated rings. The van der Waals surface area contributed by atoms with Gasteiger partial charge in [0, 0.05) is 11.0 Å². The van der Waals surface area contributed by atoms with Gasteiger partial charge in [-0.05, 0) is 35.9 Å². The monoisotopic (exact) mass is 311 g/mol. The molecule has 0 aliphatic rings. The van der Waals surface area contributed by atoms with Crippen molar-refractivity contribution in [3.05, 3.63) is 76.3 Å². The lowest BCUT2D eigenvalue weighted by molar-refractivity contribution is -0.385. The van der Waals surface area contributed by atoms with Gasteiger partial charge in [0.2, 0.25) is 5.75 Å². The lowest BCUT2D eigenvalue weighted by Crippen LogP contribution is -1.93. The molecule has 0 spiro atoms. The van der Waals surface area contributed by atoms with Crippen LogP contribution < -0.4 is 4.18 Å². The van der Waals surface area contributed by atoms with E-state index in [0.29, 0.717) is 0 Å². The fourth-order valence-corrected chi connectivity index (χ4v) is 2.67. The lowest BCUT2D eigenvalue weighted by Gasteiger charge is -2.07. The van der Waals surface area contributed by atoms with Gasteiger partial charge in [-0.1, -0.05) is 42.0 Å². The van der Waals surface area contributed by atoms with Crippen LogP contribution in [0.15, 0.2) is 65.6 Å². The predicted octanol–water partition coefficient (Wildman–Crippen LogP) is 5.14. The van der Waals surface area contributed by atoms with Crippen LogP contribution in [0.4, 0.5) is 5.69 Å². The summed E-state index contributed by atoms with van der Waals surface area (Å²) in [6.45, 7) is 2.00. The van der Waals surface area contributed by atoms with Crippen molar-refractivity contribution in [2.45, 2.75) is 11.8 Å². The molecule has 0 unspecified atom stereocenters. The van der Waals surface area contributed by atoms with Crippen molar-refractivity contribution in [2.75, 3.05) is 0 Å². The van der Waals surface area contributed by atoms with E-state index in [0.717, 1.165) is 33.3 Å². The smallest absolute Gasteiger partial charge is 0.313 e. The largest absolute Gasteiger partial charge is 0.413 e. The number of benzene rings is 3. The highest BCUT2D eigenvalue weighted by molar-refractivity contribution is 7.95. The maximum atomic E-state index is 11.2. The summed E-state index contributed by atoms with van der Waals surface area (Å²) in [5, 5.41) is 13.0. The van der Waals surface area contributed by atoms with Gasteiger partial charge in [-0.2, -0.15) is 0 Å². The average Bonchev–Trinajstić information content (AvgIpc) is 2.53. The summed E-state index contributed by atoms with van der Waals surface area (Å²) in [4.78, 5) is 11.7. The Hall–Kier alpha value is -2.53. The zero-order valence-electron chi connectivity index (χ0n) is 11.9. The Morgan fingerprint density at radius 2 is 1.64 bits per heavy atom. The summed E-state index contributed by atoms with van der Waals surface area (Å²) >= 11 is 1.12. The molecule has 3 aromatic carbocycles. The first-order valence-electron chi connectivity index (χ1n) is 6.72. The van der Waals surface area contributed by atoms with Gasteiger partial charge < -0.3 is 4.18 Å². The second-order valence-corrected chi connectivity index (χ2v) is 5.71. The number of aryl methyl sites for hydroxylation is 1. The van der Waals surface area contributed by atoms with Crippen LogP contribution in [-0.4, -0.2) is 4.92 Å². The van der Waals surface area contributed by atoms with Gasteiger partial charge in [0.05, 0.1) is 17.0 Å². The molecular weight excluding hydrogens is 298 g/mol. The molecule has 0 saturated carbocycles. The maximum Gasteiger partial charge on any atom is 0.313 e. The SMILES string of the molecule is Cc1ccc(SOc2cc3ccccc3cc2[N+](=O)[O-])cc1. The molecule has 4 nitrogen and oxygen atoms in total. The molecule has 3 rings (SSSR count). The van der Waals surface area contributed by atoms with E-state index >= 15 is 0 Å². The van der Waals surface area contributed by atoms with Crippen LogP contribution in [0.25, 0.3) is 10.8 Å². The molecule has 0 amide bonds. The first-order chi connectivity index (χ1) is 10.6. The Bertz CT molecular complexity index is 831. The van der Waals surface area contributed by atoms with Gasteiger partial charge in [0.25, 0.3) is 0 Å². The molecular formula is C17H13NO3S. The Balaban J connectivity index is 1.92. The van der Waals surface area contributed by atoms with E-state index in [-0.39, 0.29) is 11.4 Å². The van der Waals surface area contributed by atoms with Crippen LogP contribution in [0.3, 0.4) is 0 Å². The number of hydrogen-bond acceptors (Lipinski definition) is 4. The average molecular weight is 311 g/mol. The van der Waals surface area contributed by atoms with Crippen LogP contribution in [0.1, 0.15) is 5.56 Å². The molecule has 0 aliphatic carbocycles. The van der Waals surface area contributed by atoms with E-state index in [1.165, 1.54) is 0 Å². The second kappa shape index (κ2) is 6.07. The van der Waals surface area contributed by atoms with Crippen molar-refractivity contribution in [1.82, 2.24) is 0 Å².